The van der Waals surface area contributed by atoms with E-state index in [0.717, 1.165) is 42.4 Å². The maximum atomic E-state index is 13.3. The highest BCUT2D eigenvalue weighted by atomic mass is 32.2. The van der Waals surface area contributed by atoms with Crippen LogP contribution in [0.15, 0.2) is 53.7 Å². The number of aromatic nitrogens is 2. The van der Waals surface area contributed by atoms with Crippen LogP contribution in [-0.4, -0.2) is 30.5 Å². The second kappa shape index (κ2) is 7.09. The smallest absolute Gasteiger partial charge is 0.269 e. The summed E-state index contributed by atoms with van der Waals surface area (Å²) in [6, 6.07) is 11.0. The molecule has 1 fully saturated rings. The van der Waals surface area contributed by atoms with Gasteiger partial charge in [0.1, 0.15) is 0 Å². The predicted molar refractivity (Wildman–Crippen MR) is 108 cm³/mol. The van der Waals surface area contributed by atoms with Crippen LogP contribution in [0, 0.1) is 0 Å². The average Bonchev–Trinajstić information content (AvgIpc) is 3.09. The lowest BCUT2D eigenvalue weighted by molar-refractivity contribution is 0.463. The fourth-order valence-electron chi connectivity index (χ4n) is 3.82. The standard InChI is InChI=1S/C21H25N3O2S/c1-15(2)16-7-9-18(10-8-16)27(25,26)24-14-20(17-5-3-11-22-13-17)19-6-4-12-23-21(19)24/h4,6-10,12,14-15,17,22H,3,5,11,13H2,1-2H3. The molecule has 6 heteroatoms. The second-order valence-electron chi connectivity index (χ2n) is 7.53. The summed E-state index contributed by atoms with van der Waals surface area (Å²) in [5.74, 6) is 0.673. The average molecular weight is 384 g/mol. The molecule has 1 aliphatic rings. The van der Waals surface area contributed by atoms with E-state index in [1.807, 2.05) is 24.3 Å². The fraction of sp³-hybridized carbons (Fsp3) is 0.381. The normalized spacial score (nSPS) is 18.3. The van der Waals surface area contributed by atoms with Crippen LogP contribution in [0.2, 0.25) is 0 Å². The Bertz CT molecular complexity index is 1050. The van der Waals surface area contributed by atoms with Gasteiger partial charge in [0.2, 0.25) is 0 Å². The van der Waals surface area contributed by atoms with E-state index in [1.165, 1.54) is 3.97 Å². The molecule has 1 atom stereocenters. The Morgan fingerprint density at radius 2 is 1.96 bits per heavy atom. The number of benzene rings is 1. The van der Waals surface area contributed by atoms with Crippen molar-refractivity contribution in [2.45, 2.75) is 43.4 Å². The van der Waals surface area contributed by atoms with Crippen molar-refractivity contribution in [3.05, 3.63) is 59.9 Å². The van der Waals surface area contributed by atoms with Gasteiger partial charge in [-0.05, 0) is 66.6 Å². The molecule has 0 bridgehead atoms. The number of piperidine rings is 1. The van der Waals surface area contributed by atoms with Crippen LogP contribution in [0.1, 0.15) is 49.7 Å². The summed E-state index contributed by atoms with van der Waals surface area (Å²) in [5.41, 5.74) is 2.69. The van der Waals surface area contributed by atoms with Crippen molar-refractivity contribution in [3.8, 4) is 0 Å². The van der Waals surface area contributed by atoms with Gasteiger partial charge < -0.3 is 5.32 Å². The highest BCUT2D eigenvalue weighted by Crippen LogP contribution is 2.32. The maximum absolute atomic E-state index is 13.3. The Labute approximate surface area is 160 Å². The zero-order valence-electron chi connectivity index (χ0n) is 15.7. The second-order valence-corrected chi connectivity index (χ2v) is 9.34. The molecule has 1 N–H and O–H groups in total. The van der Waals surface area contributed by atoms with E-state index < -0.39 is 10.0 Å². The van der Waals surface area contributed by atoms with Crippen molar-refractivity contribution in [1.29, 1.82) is 0 Å². The number of nitrogens with zero attached hydrogens (tertiary/aromatic N) is 2. The minimum absolute atomic E-state index is 0.294. The molecule has 2 aromatic heterocycles. The van der Waals surface area contributed by atoms with Gasteiger partial charge in [-0.1, -0.05) is 26.0 Å². The molecule has 0 radical (unpaired) electrons. The first-order valence-corrected chi connectivity index (χ1v) is 10.9. The Hall–Kier alpha value is -2.18. The van der Waals surface area contributed by atoms with Gasteiger partial charge in [0.05, 0.1) is 4.90 Å². The van der Waals surface area contributed by atoms with Gasteiger partial charge in [0.25, 0.3) is 10.0 Å². The first-order chi connectivity index (χ1) is 13.0. The third-order valence-electron chi connectivity index (χ3n) is 5.40. The summed E-state index contributed by atoms with van der Waals surface area (Å²) >= 11 is 0. The molecule has 1 aliphatic heterocycles. The molecule has 27 heavy (non-hydrogen) atoms. The van der Waals surface area contributed by atoms with Gasteiger partial charge in [-0.15, -0.1) is 0 Å². The molecule has 0 saturated carbocycles. The van der Waals surface area contributed by atoms with Crippen molar-refractivity contribution in [1.82, 2.24) is 14.3 Å². The van der Waals surface area contributed by atoms with Crippen LogP contribution in [0.3, 0.4) is 0 Å². The summed E-state index contributed by atoms with van der Waals surface area (Å²) in [6.07, 6.45) is 5.59. The van der Waals surface area contributed by atoms with Gasteiger partial charge in [0.15, 0.2) is 5.65 Å². The Balaban J connectivity index is 1.82. The van der Waals surface area contributed by atoms with Crippen molar-refractivity contribution in [2.75, 3.05) is 13.1 Å². The van der Waals surface area contributed by atoms with Crippen molar-refractivity contribution >= 4 is 21.1 Å². The maximum Gasteiger partial charge on any atom is 0.269 e. The fourth-order valence-corrected chi connectivity index (χ4v) is 5.15. The Kier molecular flexibility index (Phi) is 4.78. The monoisotopic (exact) mass is 383 g/mol. The molecular formula is C21H25N3O2S. The van der Waals surface area contributed by atoms with Crippen LogP contribution in [0.5, 0.6) is 0 Å². The van der Waals surface area contributed by atoms with E-state index in [-0.39, 0.29) is 0 Å². The van der Waals surface area contributed by atoms with Crippen molar-refractivity contribution in [3.63, 3.8) is 0 Å². The summed E-state index contributed by atoms with van der Waals surface area (Å²) in [7, 11) is -3.69. The number of hydrogen-bond acceptors (Lipinski definition) is 4. The van der Waals surface area contributed by atoms with Crippen molar-refractivity contribution < 1.29 is 8.42 Å². The molecule has 0 aliphatic carbocycles. The van der Waals surface area contributed by atoms with Crippen molar-refractivity contribution in [2.24, 2.45) is 0 Å². The lowest BCUT2D eigenvalue weighted by Gasteiger charge is -2.22. The number of nitrogens with one attached hydrogen (secondary N) is 1. The third-order valence-corrected chi connectivity index (χ3v) is 7.07. The van der Waals surface area contributed by atoms with Gasteiger partial charge in [0, 0.05) is 24.3 Å². The zero-order chi connectivity index (χ0) is 19.0. The highest BCUT2D eigenvalue weighted by Gasteiger charge is 2.26. The quantitative estimate of drug-likeness (QED) is 0.743. The van der Waals surface area contributed by atoms with Crippen LogP contribution < -0.4 is 5.32 Å². The van der Waals surface area contributed by atoms with Gasteiger partial charge in [-0.25, -0.2) is 17.4 Å². The largest absolute Gasteiger partial charge is 0.316 e. The van der Waals surface area contributed by atoms with Gasteiger partial charge in [-0.2, -0.15) is 0 Å². The summed E-state index contributed by atoms with van der Waals surface area (Å²) in [4.78, 5) is 4.69. The van der Waals surface area contributed by atoms with E-state index in [2.05, 4.69) is 24.1 Å². The lowest BCUT2D eigenvalue weighted by atomic mass is 9.92. The SMILES string of the molecule is CC(C)c1ccc(S(=O)(=O)n2cc(C3CCCNC3)c3cccnc32)cc1. The molecule has 0 spiro atoms. The van der Waals surface area contributed by atoms with Gasteiger partial charge >= 0.3 is 0 Å². The minimum Gasteiger partial charge on any atom is -0.316 e. The molecule has 5 nitrogen and oxygen atoms in total. The summed E-state index contributed by atoms with van der Waals surface area (Å²) < 4.78 is 28.0. The van der Waals surface area contributed by atoms with Gasteiger partial charge in [-0.3, -0.25) is 0 Å². The molecule has 3 aromatic rings. The molecular weight excluding hydrogens is 358 g/mol. The molecule has 1 aromatic carbocycles. The topological polar surface area (TPSA) is 64.0 Å². The highest BCUT2D eigenvalue weighted by molar-refractivity contribution is 7.90. The van der Waals surface area contributed by atoms with E-state index in [4.69, 9.17) is 0 Å². The minimum atomic E-state index is -3.69. The Morgan fingerprint density at radius 3 is 2.63 bits per heavy atom. The Morgan fingerprint density at radius 1 is 1.19 bits per heavy atom. The van der Waals surface area contributed by atoms with Crippen LogP contribution in [-0.2, 0) is 10.0 Å². The molecule has 1 saturated heterocycles. The van der Waals surface area contributed by atoms with E-state index >= 15 is 0 Å². The summed E-state index contributed by atoms with van der Waals surface area (Å²) in [6.45, 7) is 6.08. The number of fused-ring (bicyclic) bond motifs is 1. The number of pyridine rings is 1. The van der Waals surface area contributed by atoms with Crippen LogP contribution in [0.4, 0.5) is 0 Å². The van der Waals surface area contributed by atoms with Crippen LogP contribution >= 0.6 is 0 Å². The third kappa shape index (κ3) is 3.28. The lowest BCUT2D eigenvalue weighted by Crippen LogP contribution is -2.28. The first kappa shape index (κ1) is 18.2. The predicted octanol–water partition coefficient (Wildman–Crippen LogP) is 3.86. The molecule has 0 amide bonds. The zero-order valence-corrected chi connectivity index (χ0v) is 16.5. The number of rotatable bonds is 4. The van der Waals surface area contributed by atoms with Crippen LogP contribution in [0.25, 0.3) is 11.0 Å². The molecule has 1 unspecified atom stereocenters. The van der Waals surface area contributed by atoms with E-state index in [9.17, 15) is 8.42 Å². The molecule has 3 heterocycles. The molecule has 142 valence electrons. The first-order valence-electron chi connectivity index (χ1n) is 9.50. The summed E-state index contributed by atoms with van der Waals surface area (Å²) in [5, 5.41) is 4.34. The molecule has 4 rings (SSSR count). The van der Waals surface area contributed by atoms with E-state index in [1.54, 1.807) is 24.5 Å². The van der Waals surface area contributed by atoms with E-state index in [0.29, 0.717) is 22.4 Å². The number of hydrogen-bond donors (Lipinski definition) is 1.